The van der Waals surface area contributed by atoms with Crippen molar-refractivity contribution in [2.24, 2.45) is 0 Å². The van der Waals surface area contributed by atoms with Gasteiger partial charge in [-0.05, 0) is 77.0 Å². The number of carbonyl (C=O) groups excluding carboxylic acids is 2. The topological polar surface area (TPSA) is 95.9 Å². The molecule has 0 bridgehead atoms. The maximum absolute atomic E-state index is 12.5. The van der Waals surface area contributed by atoms with E-state index in [9.17, 15) is 19.8 Å². The Kier molecular flexibility index (Phi) is 50.1. The summed E-state index contributed by atoms with van der Waals surface area (Å²) in [5.41, 5.74) is 0. The van der Waals surface area contributed by atoms with E-state index in [1.165, 1.54) is 167 Å². The van der Waals surface area contributed by atoms with Gasteiger partial charge in [0, 0.05) is 12.8 Å². The van der Waals surface area contributed by atoms with Crippen molar-refractivity contribution in [3.63, 3.8) is 0 Å². The Morgan fingerprint density at radius 3 is 1.29 bits per heavy atom. The molecule has 0 aliphatic carbocycles. The molecule has 0 aromatic heterocycles. The minimum Gasteiger partial charge on any atom is -0.466 e. The monoisotopic (exact) mass is 872 g/mol. The van der Waals surface area contributed by atoms with Crippen LogP contribution in [-0.4, -0.2) is 47.4 Å². The number of rotatable bonds is 50. The Hall–Kier alpha value is -1.92. The van der Waals surface area contributed by atoms with Crippen molar-refractivity contribution in [3.8, 4) is 0 Å². The van der Waals surface area contributed by atoms with E-state index in [0.717, 1.165) is 83.5 Å². The molecule has 2 unspecified atom stereocenters. The summed E-state index contributed by atoms with van der Waals surface area (Å²) in [5.74, 6) is -0.144. The van der Waals surface area contributed by atoms with Gasteiger partial charge in [-0.1, -0.05) is 230 Å². The average molecular weight is 872 g/mol. The van der Waals surface area contributed by atoms with Crippen LogP contribution in [0.1, 0.15) is 284 Å². The van der Waals surface area contributed by atoms with Gasteiger partial charge in [0.2, 0.25) is 5.91 Å². The highest BCUT2D eigenvalue weighted by Crippen LogP contribution is 2.16. The Labute approximate surface area is 385 Å². The highest BCUT2D eigenvalue weighted by Gasteiger charge is 2.20. The highest BCUT2D eigenvalue weighted by molar-refractivity contribution is 5.76. The van der Waals surface area contributed by atoms with Crippen LogP contribution in [0.25, 0.3) is 0 Å². The van der Waals surface area contributed by atoms with Crippen LogP contribution in [0.2, 0.25) is 0 Å². The van der Waals surface area contributed by atoms with Crippen molar-refractivity contribution in [1.82, 2.24) is 5.32 Å². The maximum atomic E-state index is 12.5. The molecule has 364 valence electrons. The van der Waals surface area contributed by atoms with E-state index >= 15 is 0 Å². The van der Waals surface area contributed by atoms with Crippen LogP contribution in [0.15, 0.2) is 36.5 Å². The van der Waals surface area contributed by atoms with E-state index in [-0.39, 0.29) is 18.5 Å². The van der Waals surface area contributed by atoms with E-state index < -0.39 is 12.1 Å². The molecule has 0 saturated carbocycles. The predicted molar refractivity (Wildman–Crippen MR) is 269 cm³/mol. The lowest BCUT2D eigenvalue weighted by Crippen LogP contribution is -2.45. The summed E-state index contributed by atoms with van der Waals surface area (Å²) in [6.45, 7) is 4.84. The van der Waals surface area contributed by atoms with Gasteiger partial charge in [0.15, 0.2) is 0 Å². The second-order valence-corrected chi connectivity index (χ2v) is 18.6. The first-order chi connectivity index (χ1) is 30.5. The van der Waals surface area contributed by atoms with E-state index in [1.54, 1.807) is 0 Å². The van der Waals surface area contributed by atoms with Crippen LogP contribution in [0.4, 0.5) is 0 Å². The molecule has 2 atom stereocenters. The van der Waals surface area contributed by atoms with Crippen LogP contribution in [0, 0.1) is 0 Å². The fourth-order valence-corrected chi connectivity index (χ4v) is 8.20. The number of aliphatic hydroxyl groups is 2. The van der Waals surface area contributed by atoms with E-state index in [1.807, 2.05) is 0 Å². The zero-order valence-corrected chi connectivity index (χ0v) is 41.4. The zero-order valence-electron chi connectivity index (χ0n) is 41.4. The summed E-state index contributed by atoms with van der Waals surface area (Å²) in [5, 5.41) is 23.2. The number of allylic oxidation sites excluding steroid dienone is 6. The van der Waals surface area contributed by atoms with Gasteiger partial charge in [0.25, 0.3) is 0 Å². The van der Waals surface area contributed by atoms with Gasteiger partial charge in [-0.25, -0.2) is 0 Å². The number of carbonyl (C=O) groups is 2. The Morgan fingerprint density at radius 1 is 0.452 bits per heavy atom. The molecule has 0 aliphatic rings. The minimum absolute atomic E-state index is 0.0489. The van der Waals surface area contributed by atoms with E-state index in [0.29, 0.717) is 25.9 Å². The summed E-state index contributed by atoms with van der Waals surface area (Å²) < 4.78 is 5.44. The molecular formula is C56H105NO5. The number of hydrogen-bond donors (Lipinski definition) is 3. The summed E-state index contributed by atoms with van der Waals surface area (Å²) in [4.78, 5) is 24.5. The quantitative estimate of drug-likeness (QED) is 0.0321. The summed E-state index contributed by atoms with van der Waals surface area (Å²) in [6.07, 6.45) is 62.7. The van der Waals surface area contributed by atoms with Crippen molar-refractivity contribution in [2.75, 3.05) is 13.2 Å². The van der Waals surface area contributed by atoms with Crippen LogP contribution >= 0.6 is 0 Å². The molecule has 0 spiro atoms. The van der Waals surface area contributed by atoms with Gasteiger partial charge in [-0.3, -0.25) is 9.59 Å². The number of unbranched alkanes of at least 4 members (excludes halogenated alkanes) is 33. The molecule has 0 aromatic rings. The van der Waals surface area contributed by atoms with Crippen LogP contribution in [-0.2, 0) is 14.3 Å². The number of ether oxygens (including phenoxy) is 1. The van der Waals surface area contributed by atoms with Gasteiger partial charge in [0.1, 0.15) is 0 Å². The molecule has 0 radical (unpaired) electrons. The lowest BCUT2D eigenvalue weighted by molar-refractivity contribution is -0.143. The molecule has 6 nitrogen and oxygen atoms in total. The highest BCUT2D eigenvalue weighted by atomic mass is 16.5. The van der Waals surface area contributed by atoms with Gasteiger partial charge >= 0.3 is 5.97 Å². The van der Waals surface area contributed by atoms with Crippen LogP contribution < -0.4 is 5.32 Å². The molecule has 6 heteroatoms. The molecule has 0 aromatic carbocycles. The Balaban J connectivity index is 3.55. The third kappa shape index (κ3) is 47.6. The summed E-state index contributed by atoms with van der Waals surface area (Å²) in [6, 6.07) is -0.581. The molecule has 0 heterocycles. The first-order valence-electron chi connectivity index (χ1n) is 27.2. The largest absolute Gasteiger partial charge is 0.466 e. The molecule has 0 fully saturated rings. The first kappa shape index (κ1) is 60.1. The Morgan fingerprint density at radius 2 is 0.823 bits per heavy atom. The molecule has 0 saturated heterocycles. The summed E-state index contributed by atoms with van der Waals surface area (Å²) in [7, 11) is 0. The van der Waals surface area contributed by atoms with Gasteiger partial charge in [-0.2, -0.15) is 0 Å². The maximum Gasteiger partial charge on any atom is 0.305 e. The third-order valence-electron chi connectivity index (χ3n) is 12.4. The van der Waals surface area contributed by atoms with Crippen LogP contribution in [0.3, 0.4) is 0 Å². The lowest BCUT2D eigenvalue weighted by Gasteiger charge is -2.22. The number of amides is 1. The molecule has 0 rings (SSSR count). The SMILES string of the molecule is CCCCCC/C=C\C/C=C\CCCCCCCC(=O)OCCCCCC/C=C\CCCC(=O)NC(CO)C(O)CCCCCCCCCCCCCCCCCCCCCC. The standard InChI is InChI=1S/C56H105NO5/c1-3-5-7-9-11-13-15-17-19-21-22-23-24-25-27-29-32-36-40-44-48-54(59)53(52-58)57-55(60)49-45-41-37-33-31-35-39-43-47-51-62-56(61)50-46-42-38-34-30-28-26-20-18-16-14-12-10-8-6-4-2/h14,16,20,26,33,37,53-54,58-59H,3-13,15,17-19,21-25,27-32,34-36,38-52H2,1-2H3,(H,57,60)/b16-14-,26-20-,37-33-. The molecule has 1 amide bonds. The molecular weight excluding hydrogens is 767 g/mol. The molecule has 3 N–H and O–H groups in total. The second-order valence-electron chi connectivity index (χ2n) is 18.6. The fraction of sp³-hybridized carbons (Fsp3) is 0.857. The lowest BCUT2D eigenvalue weighted by atomic mass is 10.0. The zero-order chi connectivity index (χ0) is 45.1. The van der Waals surface area contributed by atoms with E-state index in [2.05, 4.69) is 55.6 Å². The van der Waals surface area contributed by atoms with Crippen molar-refractivity contribution in [1.29, 1.82) is 0 Å². The third-order valence-corrected chi connectivity index (χ3v) is 12.4. The molecule has 0 aliphatic heterocycles. The smallest absolute Gasteiger partial charge is 0.305 e. The number of nitrogens with one attached hydrogen (secondary N) is 1. The number of hydrogen-bond acceptors (Lipinski definition) is 5. The van der Waals surface area contributed by atoms with Gasteiger partial charge in [-0.15, -0.1) is 0 Å². The predicted octanol–water partition coefficient (Wildman–Crippen LogP) is 16.5. The number of esters is 1. The van der Waals surface area contributed by atoms with Crippen molar-refractivity contribution in [2.45, 2.75) is 296 Å². The van der Waals surface area contributed by atoms with Gasteiger partial charge < -0.3 is 20.3 Å². The van der Waals surface area contributed by atoms with Crippen molar-refractivity contribution >= 4 is 11.9 Å². The van der Waals surface area contributed by atoms with Crippen molar-refractivity contribution in [3.05, 3.63) is 36.5 Å². The fourth-order valence-electron chi connectivity index (χ4n) is 8.20. The molecule has 62 heavy (non-hydrogen) atoms. The van der Waals surface area contributed by atoms with Crippen LogP contribution in [0.5, 0.6) is 0 Å². The Bertz CT molecular complexity index is 1010. The minimum atomic E-state index is -0.697. The average Bonchev–Trinajstić information content (AvgIpc) is 3.27. The number of aliphatic hydroxyl groups excluding tert-OH is 2. The van der Waals surface area contributed by atoms with E-state index in [4.69, 9.17) is 4.74 Å². The van der Waals surface area contributed by atoms with Crippen molar-refractivity contribution < 1.29 is 24.5 Å². The first-order valence-corrected chi connectivity index (χ1v) is 27.2. The normalized spacial score (nSPS) is 12.9. The van der Waals surface area contributed by atoms with Gasteiger partial charge in [0.05, 0.1) is 25.4 Å². The second kappa shape index (κ2) is 51.7. The summed E-state index contributed by atoms with van der Waals surface area (Å²) >= 11 is 0.